The summed E-state index contributed by atoms with van der Waals surface area (Å²) in [4.78, 5) is 25.9. The fourth-order valence-corrected chi connectivity index (χ4v) is 2.19. The molecule has 0 saturated heterocycles. The van der Waals surface area contributed by atoms with Crippen LogP contribution in [-0.4, -0.2) is 42.3 Å². The Morgan fingerprint density at radius 1 is 1.19 bits per heavy atom. The van der Waals surface area contributed by atoms with Gasteiger partial charge < -0.3 is 19.7 Å². The van der Waals surface area contributed by atoms with Gasteiger partial charge in [-0.15, -0.1) is 0 Å². The van der Waals surface area contributed by atoms with Crippen LogP contribution in [0.4, 0.5) is 4.79 Å². The van der Waals surface area contributed by atoms with Crippen LogP contribution in [0.5, 0.6) is 0 Å². The van der Waals surface area contributed by atoms with E-state index in [0.29, 0.717) is 31.9 Å². The first kappa shape index (κ1) is 21.5. The van der Waals surface area contributed by atoms with Gasteiger partial charge in [0.2, 0.25) is 0 Å². The van der Waals surface area contributed by atoms with Crippen molar-refractivity contribution in [3.63, 3.8) is 0 Å². The average molecular weight is 362 g/mol. The molecule has 0 heterocycles. The van der Waals surface area contributed by atoms with Crippen molar-refractivity contribution < 1.29 is 19.1 Å². The van der Waals surface area contributed by atoms with Crippen molar-refractivity contribution in [1.29, 1.82) is 0 Å². The van der Waals surface area contributed by atoms with Crippen LogP contribution in [0.25, 0.3) is 0 Å². The Morgan fingerprint density at radius 2 is 1.85 bits per heavy atom. The molecule has 0 radical (unpaired) electrons. The highest BCUT2D eigenvalue weighted by atomic mass is 16.6. The normalized spacial score (nSPS) is 11.7. The van der Waals surface area contributed by atoms with Gasteiger partial charge >= 0.3 is 12.1 Å². The highest BCUT2D eigenvalue weighted by Crippen LogP contribution is 2.12. The standard InChI is InChI=1S/C20H30N2O4/c1-6-17(18(23)25-7-2)21-13-14-22(19(24)26-20(3,4)5)15-16-11-9-8-10-12-16/h6,8-12,21H,7,13-15H2,1-5H3/b17-6+. The number of carbonyl (C=O) groups is 2. The van der Waals surface area contributed by atoms with Gasteiger partial charge in [0.1, 0.15) is 11.3 Å². The molecule has 6 heteroatoms. The third-order valence-electron chi connectivity index (χ3n) is 3.35. The quantitative estimate of drug-likeness (QED) is 0.566. The number of rotatable bonds is 8. The van der Waals surface area contributed by atoms with E-state index in [4.69, 9.17) is 9.47 Å². The maximum absolute atomic E-state index is 12.5. The summed E-state index contributed by atoms with van der Waals surface area (Å²) < 4.78 is 10.5. The minimum absolute atomic E-state index is 0.315. The van der Waals surface area contributed by atoms with E-state index in [0.717, 1.165) is 5.56 Å². The number of hydrogen-bond acceptors (Lipinski definition) is 5. The summed E-state index contributed by atoms with van der Waals surface area (Å²) in [6.07, 6.45) is 1.27. The summed E-state index contributed by atoms with van der Waals surface area (Å²) >= 11 is 0. The summed E-state index contributed by atoms with van der Waals surface area (Å²) in [5.41, 5.74) is 0.824. The molecular weight excluding hydrogens is 332 g/mol. The molecule has 1 N–H and O–H groups in total. The summed E-state index contributed by atoms with van der Waals surface area (Å²) in [7, 11) is 0. The Morgan fingerprint density at radius 3 is 2.38 bits per heavy atom. The number of benzene rings is 1. The van der Waals surface area contributed by atoms with Crippen molar-refractivity contribution in [3.05, 3.63) is 47.7 Å². The molecule has 1 aromatic rings. The molecule has 0 atom stereocenters. The first-order valence-corrected chi connectivity index (χ1v) is 8.86. The molecule has 0 fully saturated rings. The van der Waals surface area contributed by atoms with E-state index >= 15 is 0 Å². The number of amides is 1. The molecule has 144 valence electrons. The van der Waals surface area contributed by atoms with E-state index in [1.54, 1.807) is 24.8 Å². The van der Waals surface area contributed by atoms with E-state index in [1.165, 1.54) is 0 Å². The predicted molar refractivity (Wildman–Crippen MR) is 101 cm³/mol. The van der Waals surface area contributed by atoms with Gasteiger partial charge in [-0.05, 0) is 40.2 Å². The number of esters is 1. The fraction of sp³-hybridized carbons (Fsp3) is 0.500. The lowest BCUT2D eigenvalue weighted by Gasteiger charge is -2.27. The zero-order chi connectivity index (χ0) is 19.6. The van der Waals surface area contributed by atoms with E-state index < -0.39 is 11.6 Å². The van der Waals surface area contributed by atoms with Gasteiger partial charge in [-0.2, -0.15) is 0 Å². The average Bonchev–Trinajstić information content (AvgIpc) is 2.57. The first-order chi connectivity index (χ1) is 12.3. The molecule has 0 aliphatic rings. The molecule has 1 amide bonds. The van der Waals surface area contributed by atoms with Crippen LogP contribution in [-0.2, 0) is 20.8 Å². The van der Waals surface area contributed by atoms with Crippen LogP contribution in [0, 0.1) is 0 Å². The maximum Gasteiger partial charge on any atom is 0.410 e. The van der Waals surface area contributed by atoms with Crippen molar-refractivity contribution in [2.45, 2.75) is 46.8 Å². The lowest BCUT2D eigenvalue weighted by Crippen LogP contribution is -2.40. The van der Waals surface area contributed by atoms with E-state index in [1.807, 2.05) is 51.1 Å². The van der Waals surface area contributed by atoms with Crippen LogP contribution >= 0.6 is 0 Å². The summed E-state index contributed by atoms with van der Waals surface area (Å²) in [6, 6.07) is 9.71. The van der Waals surface area contributed by atoms with Gasteiger partial charge in [-0.25, -0.2) is 9.59 Å². The Labute approximate surface area is 156 Å². The Balaban J connectivity index is 2.72. The topological polar surface area (TPSA) is 67.9 Å². The van der Waals surface area contributed by atoms with Gasteiger partial charge in [0.25, 0.3) is 0 Å². The SMILES string of the molecule is C/C=C(/NCCN(Cc1ccccc1)C(=O)OC(C)(C)C)C(=O)OCC. The minimum Gasteiger partial charge on any atom is -0.461 e. The van der Waals surface area contributed by atoms with Gasteiger partial charge in [-0.1, -0.05) is 36.4 Å². The monoisotopic (exact) mass is 362 g/mol. The summed E-state index contributed by atoms with van der Waals surface area (Å²) in [5, 5.41) is 3.03. The van der Waals surface area contributed by atoms with Crippen LogP contribution in [0.1, 0.15) is 40.2 Å². The molecule has 0 saturated carbocycles. The zero-order valence-electron chi connectivity index (χ0n) is 16.4. The number of ether oxygens (including phenoxy) is 2. The van der Waals surface area contributed by atoms with Gasteiger partial charge in [-0.3, -0.25) is 0 Å². The van der Waals surface area contributed by atoms with Crippen LogP contribution < -0.4 is 5.32 Å². The van der Waals surface area contributed by atoms with E-state index in [9.17, 15) is 9.59 Å². The van der Waals surface area contributed by atoms with E-state index in [-0.39, 0.29) is 6.09 Å². The number of nitrogens with one attached hydrogen (secondary N) is 1. The highest BCUT2D eigenvalue weighted by Gasteiger charge is 2.22. The second kappa shape index (κ2) is 10.5. The maximum atomic E-state index is 12.5. The zero-order valence-corrected chi connectivity index (χ0v) is 16.4. The Hall–Kier alpha value is -2.50. The van der Waals surface area contributed by atoms with Crippen LogP contribution in [0.2, 0.25) is 0 Å². The van der Waals surface area contributed by atoms with Gasteiger partial charge in [0.05, 0.1) is 6.61 Å². The van der Waals surface area contributed by atoms with Crippen molar-refractivity contribution >= 4 is 12.1 Å². The predicted octanol–water partition coefficient (Wildman–Crippen LogP) is 3.48. The number of hydrogen-bond donors (Lipinski definition) is 1. The summed E-state index contributed by atoms with van der Waals surface area (Å²) in [6.45, 7) is 10.6. The van der Waals surface area contributed by atoms with Crippen molar-refractivity contribution in [2.75, 3.05) is 19.7 Å². The molecule has 1 aromatic carbocycles. The van der Waals surface area contributed by atoms with Crippen molar-refractivity contribution in [2.24, 2.45) is 0 Å². The third kappa shape index (κ3) is 8.05. The number of allylic oxidation sites excluding steroid dienone is 1. The smallest absolute Gasteiger partial charge is 0.410 e. The Bertz CT molecular complexity index is 606. The lowest BCUT2D eigenvalue weighted by atomic mass is 10.2. The van der Waals surface area contributed by atoms with Gasteiger partial charge in [0, 0.05) is 19.6 Å². The lowest BCUT2D eigenvalue weighted by molar-refractivity contribution is -0.138. The van der Waals surface area contributed by atoms with Crippen molar-refractivity contribution in [3.8, 4) is 0 Å². The molecule has 26 heavy (non-hydrogen) atoms. The minimum atomic E-state index is -0.571. The second-order valence-electron chi connectivity index (χ2n) is 6.74. The molecule has 0 spiro atoms. The molecule has 0 unspecified atom stereocenters. The van der Waals surface area contributed by atoms with Crippen LogP contribution in [0.3, 0.4) is 0 Å². The number of nitrogens with zero attached hydrogens (tertiary/aromatic N) is 1. The molecule has 0 bridgehead atoms. The van der Waals surface area contributed by atoms with Gasteiger partial charge in [0.15, 0.2) is 0 Å². The first-order valence-electron chi connectivity index (χ1n) is 8.86. The Kier molecular flexibility index (Phi) is 8.68. The molecular formula is C20H30N2O4. The fourth-order valence-electron chi connectivity index (χ4n) is 2.19. The molecule has 0 aliphatic heterocycles. The molecule has 1 rings (SSSR count). The third-order valence-corrected chi connectivity index (χ3v) is 3.35. The number of carbonyl (C=O) groups excluding carboxylic acids is 2. The molecule has 6 nitrogen and oxygen atoms in total. The second-order valence-corrected chi connectivity index (χ2v) is 6.74. The highest BCUT2D eigenvalue weighted by molar-refractivity contribution is 5.87. The largest absolute Gasteiger partial charge is 0.461 e. The van der Waals surface area contributed by atoms with E-state index in [2.05, 4.69) is 5.32 Å². The molecule has 0 aliphatic carbocycles. The molecule has 0 aromatic heterocycles. The van der Waals surface area contributed by atoms with Crippen LogP contribution in [0.15, 0.2) is 42.1 Å². The summed E-state index contributed by atoms with van der Waals surface area (Å²) in [5.74, 6) is -0.401. The van der Waals surface area contributed by atoms with Crippen molar-refractivity contribution in [1.82, 2.24) is 10.2 Å².